The van der Waals surface area contributed by atoms with E-state index in [1.54, 1.807) is 67.7 Å². The maximum Gasteiger partial charge on any atom is 0.330 e. The van der Waals surface area contributed by atoms with E-state index in [0.717, 1.165) is 42.0 Å². The third-order valence-electron chi connectivity index (χ3n) is 11.1. The number of aromatic nitrogens is 1. The molecule has 0 spiro atoms. The van der Waals surface area contributed by atoms with E-state index in [4.69, 9.17) is 23.7 Å². The molecule has 2 aliphatic carbocycles. The molecule has 0 atom stereocenters. The number of ether oxygens (including phenoxy) is 5. The van der Waals surface area contributed by atoms with Gasteiger partial charge in [-0.2, -0.15) is 5.10 Å². The van der Waals surface area contributed by atoms with E-state index in [1.807, 2.05) is 24.3 Å². The van der Waals surface area contributed by atoms with Crippen molar-refractivity contribution in [1.29, 1.82) is 0 Å². The first-order chi connectivity index (χ1) is 29.6. The molecule has 2 fully saturated rings. The molecule has 1 aromatic heterocycles. The van der Waals surface area contributed by atoms with Gasteiger partial charge < -0.3 is 23.7 Å². The number of benzene rings is 3. The first-order valence-corrected chi connectivity index (χ1v) is 21.8. The van der Waals surface area contributed by atoms with Gasteiger partial charge in [0.25, 0.3) is 0 Å². The summed E-state index contributed by atoms with van der Waals surface area (Å²) in [5.41, 5.74) is 1.30. The summed E-state index contributed by atoms with van der Waals surface area (Å²) in [6, 6.07) is 19.6. The number of carbonyl (C=O) groups is 5. The molecule has 13 nitrogen and oxygen atoms in total. The Labute approximate surface area is 360 Å². The van der Waals surface area contributed by atoms with Crippen LogP contribution >= 0.6 is 11.3 Å². The van der Waals surface area contributed by atoms with Gasteiger partial charge in [-0.1, -0.05) is 30.0 Å². The molecule has 14 heteroatoms. The third kappa shape index (κ3) is 13.0. The highest BCUT2D eigenvalue weighted by Gasteiger charge is 2.33. The molecular weight excluding hydrogens is 799 g/mol. The highest BCUT2D eigenvalue weighted by molar-refractivity contribution is 7.22. The summed E-state index contributed by atoms with van der Waals surface area (Å²) in [5.74, 6) is -0.813. The Kier molecular flexibility index (Phi) is 16.2. The van der Waals surface area contributed by atoms with Crippen LogP contribution in [0.1, 0.15) is 89.5 Å². The van der Waals surface area contributed by atoms with E-state index in [1.165, 1.54) is 11.3 Å². The SMILES string of the molecule is C=CC(=O)OCCCCCCOc1ccc(OC(=O)[C@H]2CC[C@H](C(=O)Oc3ccc(OC(=O)[C@H]4CC[C@H](C(C)=O)CC4)c(/C=N/N(C)c4nc5ccccc5s4)c3)CC2)cc1. The van der Waals surface area contributed by atoms with E-state index in [0.29, 0.717) is 86.8 Å². The second-order valence-electron chi connectivity index (χ2n) is 15.5. The van der Waals surface area contributed by atoms with Gasteiger partial charge in [0.2, 0.25) is 5.13 Å². The molecule has 322 valence electrons. The Morgan fingerprint density at radius 2 is 1.28 bits per heavy atom. The van der Waals surface area contributed by atoms with Crippen LogP contribution in [-0.2, 0) is 28.7 Å². The number of anilines is 1. The van der Waals surface area contributed by atoms with Crippen molar-refractivity contribution < 1.29 is 47.7 Å². The van der Waals surface area contributed by atoms with Crippen LogP contribution < -0.4 is 24.0 Å². The number of unbranched alkanes of at least 4 members (excludes halogenated alkanes) is 3. The van der Waals surface area contributed by atoms with Crippen LogP contribution in [-0.4, -0.2) is 61.1 Å². The number of rotatable bonds is 19. The minimum atomic E-state index is -0.407. The summed E-state index contributed by atoms with van der Waals surface area (Å²) in [7, 11) is 1.77. The van der Waals surface area contributed by atoms with Gasteiger partial charge in [0.05, 0.1) is 47.4 Å². The predicted molar refractivity (Wildman–Crippen MR) is 232 cm³/mol. The number of hydrogen-bond donors (Lipinski definition) is 0. The van der Waals surface area contributed by atoms with Crippen LogP contribution in [0.2, 0.25) is 0 Å². The van der Waals surface area contributed by atoms with Crippen LogP contribution in [0.5, 0.6) is 23.0 Å². The molecule has 2 saturated carbocycles. The third-order valence-corrected chi connectivity index (χ3v) is 12.2. The van der Waals surface area contributed by atoms with Crippen molar-refractivity contribution in [3.63, 3.8) is 0 Å². The number of esters is 4. The number of fused-ring (bicyclic) bond motifs is 1. The highest BCUT2D eigenvalue weighted by atomic mass is 32.1. The molecule has 4 aromatic rings. The Hall–Kier alpha value is -5.89. The molecule has 61 heavy (non-hydrogen) atoms. The van der Waals surface area contributed by atoms with E-state index >= 15 is 0 Å². The van der Waals surface area contributed by atoms with Crippen molar-refractivity contribution in [2.24, 2.45) is 28.8 Å². The van der Waals surface area contributed by atoms with E-state index in [9.17, 15) is 24.0 Å². The molecule has 0 aliphatic heterocycles. The van der Waals surface area contributed by atoms with Crippen molar-refractivity contribution in [2.45, 2.75) is 84.0 Å². The number of thiazole rings is 1. The van der Waals surface area contributed by atoms with Crippen LogP contribution in [0, 0.1) is 23.7 Å². The largest absolute Gasteiger partial charge is 0.494 e. The van der Waals surface area contributed by atoms with E-state index < -0.39 is 17.9 Å². The van der Waals surface area contributed by atoms with Gasteiger partial charge in [-0.05, 0) is 139 Å². The smallest absolute Gasteiger partial charge is 0.330 e. The normalized spacial score (nSPS) is 18.9. The fourth-order valence-corrected chi connectivity index (χ4v) is 8.34. The monoisotopic (exact) mass is 851 g/mol. The first-order valence-electron chi connectivity index (χ1n) is 21.0. The summed E-state index contributed by atoms with van der Waals surface area (Å²) >= 11 is 1.49. The zero-order valence-corrected chi connectivity index (χ0v) is 35.6. The standard InChI is InChI=1S/C47H53N3O10S/c1-4-43(52)57-28-10-6-5-9-27-56-37-21-23-38(24-22-37)58-44(53)33-17-19-34(20-18-33)45(54)59-39-25-26-41(60-46(55)35-15-13-32(14-16-35)31(2)51)36(29-39)30-48-50(3)47-49-40-11-7-8-12-42(40)61-47/h4,7-8,11-12,21-26,29-30,32-35H,1,5-6,9-10,13-20,27-28H2,2-3H3/b48-30+/t32-,33-,34-,35-. The zero-order chi connectivity index (χ0) is 43.1. The lowest BCUT2D eigenvalue weighted by atomic mass is 9.80. The molecule has 0 bridgehead atoms. The van der Waals surface area contributed by atoms with Gasteiger partial charge in [-0.25, -0.2) is 14.8 Å². The number of para-hydroxylation sites is 1. The number of hydrazone groups is 1. The highest BCUT2D eigenvalue weighted by Crippen LogP contribution is 2.35. The number of nitrogens with zero attached hydrogens (tertiary/aromatic N) is 3. The van der Waals surface area contributed by atoms with Gasteiger partial charge in [-0.3, -0.25) is 19.2 Å². The van der Waals surface area contributed by atoms with Crippen molar-refractivity contribution in [1.82, 2.24) is 4.98 Å². The molecule has 6 rings (SSSR count). The second-order valence-corrected chi connectivity index (χ2v) is 16.5. The molecule has 0 radical (unpaired) electrons. The van der Waals surface area contributed by atoms with Gasteiger partial charge in [0.15, 0.2) is 0 Å². The number of hydrogen-bond acceptors (Lipinski definition) is 14. The lowest BCUT2D eigenvalue weighted by Crippen LogP contribution is -2.30. The summed E-state index contributed by atoms with van der Waals surface area (Å²) in [6.45, 7) is 5.90. The van der Waals surface area contributed by atoms with E-state index in [2.05, 4.69) is 16.7 Å². The lowest BCUT2D eigenvalue weighted by molar-refractivity contribution is -0.145. The van der Waals surface area contributed by atoms with Crippen LogP contribution in [0.4, 0.5) is 5.13 Å². The minimum Gasteiger partial charge on any atom is -0.494 e. The molecule has 2 aliphatic rings. The van der Waals surface area contributed by atoms with E-state index in [-0.39, 0.29) is 47.0 Å². The summed E-state index contributed by atoms with van der Waals surface area (Å²) in [4.78, 5) is 67.4. The van der Waals surface area contributed by atoms with Crippen molar-refractivity contribution in [3.8, 4) is 23.0 Å². The molecule has 0 saturated heterocycles. The Balaban J connectivity index is 0.993. The van der Waals surface area contributed by atoms with Crippen LogP contribution in [0.25, 0.3) is 10.2 Å². The number of ketones is 1. The fourth-order valence-electron chi connectivity index (χ4n) is 7.45. The van der Waals surface area contributed by atoms with Crippen molar-refractivity contribution in [3.05, 3.63) is 84.9 Å². The molecule has 0 amide bonds. The zero-order valence-electron chi connectivity index (χ0n) is 34.8. The summed E-state index contributed by atoms with van der Waals surface area (Å²) in [5, 5.41) is 6.90. The average molecular weight is 852 g/mol. The Morgan fingerprint density at radius 1 is 0.721 bits per heavy atom. The molecule has 3 aromatic carbocycles. The molecule has 0 unspecified atom stereocenters. The maximum absolute atomic E-state index is 13.4. The van der Waals surface area contributed by atoms with Crippen LogP contribution in [0.3, 0.4) is 0 Å². The minimum absolute atomic E-state index is 0.0182. The lowest BCUT2D eigenvalue weighted by Gasteiger charge is -2.26. The molecular formula is C47H53N3O10S. The number of carbonyl (C=O) groups excluding carboxylic acids is 5. The predicted octanol–water partition coefficient (Wildman–Crippen LogP) is 9.05. The first kappa shape index (κ1) is 44.7. The van der Waals surface area contributed by atoms with Crippen LogP contribution in [0.15, 0.2) is 84.5 Å². The van der Waals surface area contributed by atoms with Gasteiger partial charge in [0, 0.05) is 24.6 Å². The topological polar surface area (TPSA) is 160 Å². The quantitative estimate of drug-likeness (QED) is 0.0220. The Bertz CT molecular complexity index is 2150. The summed E-state index contributed by atoms with van der Waals surface area (Å²) in [6.07, 6.45) is 10.6. The average Bonchev–Trinajstić information content (AvgIpc) is 3.72. The summed E-state index contributed by atoms with van der Waals surface area (Å²) < 4.78 is 29.3. The van der Waals surface area contributed by atoms with Gasteiger partial charge >= 0.3 is 23.9 Å². The fraction of sp³-hybridized carbons (Fsp3) is 0.426. The molecule has 1 heterocycles. The van der Waals surface area contributed by atoms with Crippen molar-refractivity contribution in [2.75, 3.05) is 25.3 Å². The second kappa shape index (κ2) is 22.1. The van der Waals surface area contributed by atoms with Gasteiger partial charge in [-0.15, -0.1) is 0 Å². The maximum atomic E-state index is 13.4. The Morgan fingerprint density at radius 3 is 1.90 bits per heavy atom. The van der Waals surface area contributed by atoms with Crippen molar-refractivity contribution >= 4 is 62.6 Å². The molecule has 0 N–H and O–H groups in total. The number of Topliss-reactive ketones (excluding diaryl/α,β-unsaturated/α-hetero) is 1. The van der Waals surface area contributed by atoms with Gasteiger partial charge in [0.1, 0.15) is 28.8 Å².